The van der Waals surface area contributed by atoms with Crippen LogP contribution in [-0.2, 0) is 4.74 Å². The number of benzene rings is 2. The molecule has 0 bridgehead atoms. The van der Waals surface area contributed by atoms with Crippen LogP contribution in [0.1, 0.15) is 15.2 Å². The average molecular weight is 375 g/mol. The number of thiophene rings is 1. The van der Waals surface area contributed by atoms with Gasteiger partial charge in [0.05, 0.1) is 18.1 Å². The van der Waals surface area contributed by atoms with Gasteiger partial charge in [-0.1, -0.05) is 36.4 Å². The van der Waals surface area contributed by atoms with E-state index in [-0.39, 0.29) is 5.97 Å². The van der Waals surface area contributed by atoms with Gasteiger partial charge in [-0.25, -0.2) is 14.8 Å². The third-order valence-corrected chi connectivity index (χ3v) is 5.29. The zero-order chi connectivity index (χ0) is 18.8. The molecule has 27 heavy (non-hydrogen) atoms. The van der Waals surface area contributed by atoms with Crippen molar-refractivity contribution in [2.75, 3.05) is 12.4 Å². The predicted octanol–water partition coefficient (Wildman–Crippen LogP) is 5.20. The molecule has 0 aliphatic carbocycles. The molecule has 0 fully saturated rings. The molecule has 0 saturated heterocycles. The van der Waals surface area contributed by atoms with Gasteiger partial charge in [-0.05, 0) is 30.7 Å². The number of esters is 1. The van der Waals surface area contributed by atoms with Crippen molar-refractivity contribution in [2.45, 2.75) is 6.92 Å². The van der Waals surface area contributed by atoms with Crippen LogP contribution in [0.15, 0.2) is 60.9 Å². The van der Waals surface area contributed by atoms with Crippen molar-refractivity contribution >= 4 is 39.0 Å². The van der Waals surface area contributed by atoms with Crippen molar-refractivity contribution in [3.05, 3.63) is 71.4 Å². The average Bonchev–Trinajstić information content (AvgIpc) is 3.05. The Hall–Kier alpha value is -3.25. The number of hydrogen-bond donors (Lipinski definition) is 1. The molecule has 4 aromatic rings. The minimum atomic E-state index is -0.372. The first-order valence-corrected chi connectivity index (χ1v) is 9.24. The number of carbonyl (C=O) groups excluding carboxylic acids is 1. The highest BCUT2D eigenvalue weighted by Crippen LogP contribution is 2.40. The molecule has 0 aliphatic rings. The first kappa shape index (κ1) is 17.2. The smallest absolute Gasteiger partial charge is 0.337 e. The highest BCUT2D eigenvalue weighted by molar-refractivity contribution is 7.19. The van der Waals surface area contributed by atoms with E-state index in [1.807, 2.05) is 30.3 Å². The lowest BCUT2D eigenvalue weighted by Gasteiger charge is -2.10. The fourth-order valence-corrected chi connectivity index (χ4v) is 4.08. The van der Waals surface area contributed by atoms with Crippen molar-refractivity contribution in [2.24, 2.45) is 0 Å². The number of carbonyl (C=O) groups is 1. The summed E-state index contributed by atoms with van der Waals surface area (Å²) in [5, 5.41) is 4.32. The zero-order valence-electron chi connectivity index (χ0n) is 14.9. The van der Waals surface area contributed by atoms with Gasteiger partial charge in [0.25, 0.3) is 0 Å². The van der Waals surface area contributed by atoms with Crippen LogP contribution in [0.25, 0.3) is 21.3 Å². The summed E-state index contributed by atoms with van der Waals surface area (Å²) >= 11 is 1.64. The van der Waals surface area contributed by atoms with Crippen LogP contribution < -0.4 is 5.32 Å². The molecule has 0 atom stereocenters. The number of hydrogen-bond acceptors (Lipinski definition) is 6. The normalized spacial score (nSPS) is 10.7. The lowest BCUT2D eigenvalue weighted by atomic mass is 10.0. The molecular weight excluding hydrogens is 358 g/mol. The zero-order valence-corrected chi connectivity index (χ0v) is 15.7. The van der Waals surface area contributed by atoms with E-state index in [0.29, 0.717) is 11.4 Å². The van der Waals surface area contributed by atoms with Crippen LogP contribution in [-0.4, -0.2) is 23.0 Å². The summed E-state index contributed by atoms with van der Waals surface area (Å²) in [6.07, 6.45) is 1.56. The van der Waals surface area contributed by atoms with Gasteiger partial charge in [-0.3, -0.25) is 0 Å². The van der Waals surface area contributed by atoms with Crippen molar-refractivity contribution in [1.82, 2.24) is 9.97 Å². The molecule has 0 amide bonds. The summed E-state index contributed by atoms with van der Waals surface area (Å²) in [5.41, 5.74) is 3.50. The second kappa shape index (κ2) is 7.17. The number of nitrogens with one attached hydrogen (secondary N) is 1. The van der Waals surface area contributed by atoms with E-state index in [2.05, 4.69) is 34.3 Å². The standard InChI is InChI=1S/C21H17N3O2S/c1-13-17(14-7-4-3-5-8-14)18-19(22-12-23-20(18)27-13)24-16-10-6-9-15(11-16)21(25)26-2/h3-12H,1-2H3,(H,22,23,24). The van der Waals surface area contributed by atoms with Crippen molar-refractivity contribution < 1.29 is 9.53 Å². The van der Waals surface area contributed by atoms with Crippen LogP contribution in [0.2, 0.25) is 0 Å². The van der Waals surface area contributed by atoms with Crippen molar-refractivity contribution in [1.29, 1.82) is 0 Å². The van der Waals surface area contributed by atoms with E-state index in [1.54, 1.807) is 29.8 Å². The molecule has 5 nitrogen and oxygen atoms in total. The molecule has 6 heteroatoms. The van der Waals surface area contributed by atoms with E-state index < -0.39 is 0 Å². The minimum absolute atomic E-state index is 0.372. The van der Waals surface area contributed by atoms with E-state index in [1.165, 1.54) is 12.0 Å². The lowest BCUT2D eigenvalue weighted by Crippen LogP contribution is -2.02. The molecule has 1 N–H and O–H groups in total. The summed E-state index contributed by atoms with van der Waals surface area (Å²) in [6, 6.07) is 17.4. The highest BCUT2D eigenvalue weighted by atomic mass is 32.1. The molecule has 134 valence electrons. The second-order valence-corrected chi connectivity index (χ2v) is 7.20. The molecule has 0 spiro atoms. The second-order valence-electron chi connectivity index (χ2n) is 6.00. The van der Waals surface area contributed by atoms with Gasteiger partial charge in [0, 0.05) is 16.1 Å². The highest BCUT2D eigenvalue weighted by Gasteiger charge is 2.17. The van der Waals surface area contributed by atoms with Crippen LogP contribution in [0.4, 0.5) is 11.5 Å². The summed E-state index contributed by atoms with van der Waals surface area (Å²) < 4.78 is 4.80. The molecule has 0 aliphatic heterocycles. The molecular formula is C21H17N3O2S. The molecule has 0 saturated carbocycles. The Morgan fingerprint density at radius 2 is 1.89 bits per heavy atom. The van der Waals surface area contributed by atoms with E-state index in [9.17, 15) is 4.79 Å². The number of aryl methyl sites for hydroxylation is 1. The number of methoxy groups -OCH3 is 1. The Labute approximate surface area is 160 Å². The van der Waals surface area contributed by atoms with E-state index in [0.717, 1.165) is 27.0 Å². The van der Waals surface area contributed by atoms with Crippen LogP contribution in [0, 0.1) is 6.92 Å². The topological polar surface area (TPSA) is 64.1 Å². The Bertz CT molecular complexity index is 1120. The predicted molar refractivity (Wildman–Crippen MR) is 109 cm³/mol. The Balaban J connectivity index is 1.83. The summed E-state index contributed by atoms with van der Waals surface area (Å²) in [6.45, 7) is 2.09. The van der Waals surface area contributed by atoms with Gasteiger partial charge >= 0.3 is 5.97 Å². The third-order valence-electron chi connectivity index (χ3n) is 4.27. The van der Waals surface area contributed by atoms with Gasteiger partial charge < -0.3 is 10.1 Å². The number of rotatable bonds is 4. The maximum absolute atomic E-state index is 11.8. The third kappa shape index (κ3) is 3.27. The SMILES string of the molecule is COC(=O)c1cccc(Nc2ncnc3sc(C)c(-c4ccccc4)c23)c1. The van der Waals surface area contributed by atoms with Crippen LogP contribution >= 0.6 is 11.3 Å². The molecule has 2 aromatic heterocycles. The maximum Gasteiger partial charge on any atom is 0.337 e. The first-order chi connectivity index (χ1) is 13.2. The fourth-order valence-electron chi connectivity index (χ4n) is 3.07. The molecule has 2 heterocycles. The first-order valence-electron chi connectivity index (χ1n) is 8.42. The van der Waals surface area contributed by atoms with Crippen LogP contribution in [0.3, 0.4) is 0 Å². The number of aromatic nitrogens is 2. The monoisotopic (exact) mass is 375 g/mol. The fraction of sp³-hybridized carbons (Fsp3) is 0.0952. The number of ether oxygens (including phenoxy) is 1. The Kier molecular flexibility index (Phi) is 4.56. The molecule has 0 unspecified atom stereocenters. The Morgan fingerprint density at radius 3 is 2.67 bits per heavy atom. The van der Waals surface area contributed by atoms with Crippen LogP contribution in [0.5, 0.6) is 0 Å². The largest absolute Gasteiger partial charge is 0.465 e. The summed E-state index contributed by atoms with van der Waals surface area (Å²) in [7, 11) is 1.37. The molecule has 4 rings (SSSR count). The van der Waals surface area contributed by atoms with E-state index >= 15 is 0 Å². The summed E-state index contributed by atoms with van der Waals surface area (Å²) in [5.74, 6) is 0.341. The molecule has 2 aromatic carbocycles. The van der Waals surface area contributed by atoms with E-state index in [4.69, 9.17) is 4.74 Å². The lowest BCUT2D eigenvalue weighted by molar-refractivity contribution is 0.0601. The van der Waals surface area contributed by atoms with Crippen molar-refractivity contribution in [3.8, 4) is 11.1 Å². The number of fused-ring (bicyclic) bond motifs is 1. The number of anilines is 2. The van der Waals surface area contributed by atoms with Gasteiger partial charge in [0.15, 0.2) is 0 Å². The van der Waals surface area contributed by atoms with Gasteiger partial charge in [0.1, 0.15) is 17.0 Å². The number of nitrogens with zero attached hydrogens (tertiary/aromatic N) is 2. The van der Waals surface area contributed by atoms with Gasteiger partial charge in [-0.2, -0.15) is 0 Å². The van der Waals surface area contributed by atoms with Gasteiger partial charge in [-0.15, -0.1) is 11.3 Å². The quantitative estimate of drug-likeness (QED) is 0.497. The minimum Gasteiger partial charge on any atom is -0.465 e. The maximum atomic E-state index is 11.8. The van der Waals surface area contributed by atoms with Crippen molar-refractivity contribution in [3.63, 3.8) is 0 Å². The summed E-state index contributed by atoms with van der Waals surface area (Å²) in [4.78, 5) is 22.8. The van der Waals surface area contributed by atoms with Gasteiger partial charge in [0.2, 0.25) is 0 Å². The molecule has 0 radical (unpaired) electrons. The Morgan fingerprint density at radius 1 is 1.07 bits per heavy atom.